The molecular weight excluding hydrogens is 199 g/mol. The molecule has 0 aliphatic heterocycles. The standard InChI is InChI=1S/C12H13P.C2H6/c1-9-4-3-5-10-6-7-11(13-2)8-12(9)10;1-2/h3-8,13H,1-2H3;1-2H3. The molecule has 2 rings (SSSR count). The molecule has 80 valence electrons. The zero-order valence-electron chi connectivity index (χ0n) is 9.96. The molecule has 0 heterocycles. The highest BCUT2D eigenvalue weighted by atomic mass is 31.1. The number of aryl methyl sites for hydroxylation is 1. The van der Waals surface area contributed by atoms with Gasteiger partial charge in [-0.2, -0.15) is 0 Å². The van der Waals surface area contributed by atoms with Gasteiger partial charge in [0.1, 0.15) is 0 Å². The summed E-state index contributed by atoms with van der Waals surface area (Å²) in [7, 11) is 0.890. The van der Waals surface area contributed by atoms with Gasteiger partial charge in [-0.25, -0.2) is 0 Å². The van der Waals surface area contributed by atoms with Crippen LogP contribution in [0.15, 0.2) is 36.4 Å². The van der Waals surface area contributed by atoms with Gasteiger partial charge in [0.2, 0.25) is 0 Å². The van der Waals surface area contributed by atoms with Crippen LogP contribution in [-0.4, -0.2) is 6.66 Å². The molecular formula is C14H19P. The van der Waals surface area contributed by atoms with Gasteiger partial charge < -0.3 is 0 Å². The number of hydrogen-bond donors (Lipinski definition) is 0. The van der Waals surface area contributed by atoms with Crippen molar-refractivity contribution in [3.8, 4) is 0 Å². The summed E-state index contributed by atoms with van der Waals surface area (Å²) in [5, 5.41) is 4.19. The Morgan fingerprint density at radius 1 is 1.00 bits per heavy atom. The van der Waals surface area contributed by atoms with Crippen molar-refractivity contribution < 1.29 is 0 Å². The molecule has 0 amide bonds. The molecule has 2 aromatic carbocycles. The highest BCUT2D eigenvalue weighted by molar-refractivity contribution is 7.46. The quantitative estimate of drug-likeness (QED) is 0.632. The SMILES string of the molecule is CC.CPc1ccc2cccc(C)c2c1. The van der Waals surface area contributed by atoms with Gasteiger partial charge in [0, 0.05) is 0 Å². The molecule has 0 spiro atoms. The van der Waals surface area contributed by atoms with Crippen LogP contribution in [-0.2, 0) is 0 Å². The molecule has 1 unspecified atom stereocenters. The van der Waals surface area contributed by atoms with Crippen LogP contribution in [0.5, 0.6) is 0 Å². The fraction of sp³-hybridized carbons (Fsp3) is 0.286. The zero-order chi connectivity index (χ0) is 11.3. The van der Waals surface area contributed by atoms with E-state index in [9.17, 15) is 0 Å². The maximum Gasteiger partial charge on any atom is -0.0148 e. The average Bonchev–Trinajstić information content (AvgIpc) is 2.32. The van der Waals surface area contributed by atoms with Crippen molar-refractivity contribution >= 4 is 24.7 Å². The molecule has 0 nitrogen and oxygen atoms in total. The molecule has 0 aliphatic carbocycles. The van der Waals surface area contributed by atoms with E-state index in [1.807, 2.05) is 13.8 Å². The van der Waals surface area contributed by atoms with Crippen LogP contribution >= 0.6 is 8.58 Å². The first kappa shape index (κ1) is 12.2. The second-order valence-electron chi connectivity index (χ2n) is 3.26. The fourth-order valence-electron chi connectivity index (χ4n) is 1.58. The van der Waals surface area contributed by atoms with Crippen LogP contribution in [0.1, 0.15) is 19.4 Å². The molecule has 0 aliphatic rings. The summed E-state index contributed by atoms with van der Waals surface area (Å²) in [6, 6.07) is 13.2. The maximum absolute atomic E-state index is 2.31. The summed E-state index contributed by atoms with van der Waals surface area (Å²) in [5.41, 5.74) is 1.37. The van der Waals surface area contributed by atoms with Crippen LogP contribution in [0, 0.1) is 6.92 Å². The van der Waals surface area contributed by atoms with E-state index in [2.05, 4.69) is 50.0 Å². The first-order valence-electron chi connectivity index (χ1n) is 5.48. The van der Waals surface area contributed by atoms with Gasteiger partial charge in [0.15, 0.2) is 0 Å². The van der Waals surface area contributed by atoms with Crippen molar-refractivity contribution in [2.45, 2.75) is 20.8 Å². The highest BCUT2D eigenvalue weighted by Crippen LogP contribution is 2.18. The Balaban J connectivity index is 0.000000531. The van der Waals surface area contributed by atoms with E-state index in [4.69, 9.17) is 0 Å². The average molecular weight is 218 g/mol. The molecule has 0 bridgehead atoms. The topological polar surface area (TPSA) is 0 Å². The van der Waals surface area contributed by atoms with Gasteiger partial charge in [-0.15, -0.1) is 0 Å². The molecule has 1 heteroatoms. The van der Waals surface area contributed by atoms with E-state index in [1.165, 1.54) is 21.6 Å². The zero-order valence-corrected chi connectivity index (χ0v) is 11.0. The van der Waals surface area contributed by atoms with Crippen molar-refractivity contribution in [1.82, 2.24) is 0 Å². The smallest absolute Gasteiger partial charge is 0.0148 e. The van der Waals surface area contributed by atoms with Gasteiger partial charge in [0.25, 0.3) is 0 Å². The molecule has 0 saturated heterocycles. The minimum absolute atomic E-state index is 0.890. The normalized spacial score (nSPS) is 10.4. The van der Waals surface area contributed by atoms with Crippen LogP contribution in [0.2, 0.25) is 0 Å². The van der Waals surface area contributed by atoms with Crippen molar-refractivity contribution in [1.29, 1.82) is 0 Å². The van der Waals surface area contributed by atoms with Gasteiger partial charge in [-0.3, -0.25) is 0 Å². The molecule has 0 saturated carbocycles. The fourth-order valence-corrected chi connectivity index (χ4v) is 2.12. The Bertz CT molecular complexity index is 432. The van der Waals surface area contributed by atoms with E-state index >= 15 is 0 Å². The maximum atomic E-state index is 2.31. The Labute approximate surface area is 94.5 Å². The second kappa shape index (κ2) is 5.88. The predicted octanol–water partition coefficient (Wildman–Crippen LogP) is 4.11. The van der Waals surface area contributed by atoms with E-state index < -0.39 is 0 Å². The van der Waals surface area contributed by atoms with E-state index in [-0.39, 0.29) is 0 Å². The van der Waals surface area contributed by atoms with Crippen LogP contribution in [0.3, 0.4) is 0 Å². The van der Waals surface area contributed by atoms with E-state index in [0.29, 0.717) is 0 Å². The summed E-state index contributed by atoms with van der Waals surface area (Å²) in [6.07, 6.45) is 0. The first-order chi connectivity index (χ1) is 7.31. The van der Waals surface area contributed by atoms with Crippen molar-refractivity contribution in [2.24, 2.45) is 0 Å². The summed E-state index contributed by atoms with van der Waals surface area (Å²) < 4.78 is 0. The van der Waals surface area contributed by atoms with Gasteiger partial charge in [-0.1, -0.05) is 52.8 Å². The Morgan fingerprint density at radius 3 is 2.40 bits per heavy atom. The minimum Gasteiger partial charge on any atom is -0.0936 e. The highest BCUT2D eigenvalue weighted by Gasteiger charge is 1.96. The lowest BCUT2D eigenvalue weighted by molar-refractivity contribution is 1.50. The van der Waals surface area contributed by atoms with E-state index in [1.54, 1.807) is 0 Å². The first-order valence-corrected chi connectivity index (χ1v) is 6.98. The van der Waals surface area contributed by atoms with Crippen LogP contribution in [0.4, 0.5) is 0 Å². The summed E-state index contributed by atoms with van der Waals surface area (Å²) in [5.74, 6) is 0. The molecule has 0 aromatic heterocycles. The number of hydrogen-bond acceptors (Lipinski definition) is 0. The van der Waals surface area contributed by atoms with E-state index in [0.717, 1.165) is 8.58 Å². The Hall–Kier alpha value is -0.870. The van der Waals surface area contributed by atoms with Crippen molar-refractivity contribution in [3.05, 3.63) is 42.0 Å². The number of rotatable bonds is 1. The number of benzene rings is 2. The van der Waals surface area contributed by atoms with Gasteiger partial charge in [0.05, 0.1) is 0 Å². The summed E-state index contributed by atoms with van der Waals surface area (Å²) in [6.45, 7) is 8.39. The lowest BCUT2D eigenvalue weighted by atomic mass is 10.1. The second-order valence-corrected chi connectivity index (χ2v) is 4.34. The van der Waals surface area contributed by atoms with Crippen LogP contribution in [0.25, 0.3) is 10.8 Å². The Kier molecular flexibility index (Phi) is 4.78. The van der Waals surface area contributed by atoms with Gasteiger partial charge >= 0.3 is 0 Å². The van der Waals surface area contributed by atoms with Crippen LogP contribution < -0.4 is 5.30 Å². The van der Waals surface area contributed by atoms with Crippen molar-refractivity contribution in [3.63, 3.8) is 0 Å². The molecule has 15 heavy (non-hydrogen) atoms. The van der Waals surface area contributed by atoms with Crippen molar-refractivity contribution in [2.75, 3.05) is 6.66 Å². The third-order valence-corrected chi connectivity index (χ3v) is 3.28. The third kappa shape index (κ3) is 2.79. The largest absolute Gasteiger partial charge is 0.0936 e. The molecule has 1 atom stereocenters. The molecule has 0 fully saturated rings. The predicted molar refractivity (Wildman–Crippen MR) is 73.9 cm³/mol. The lowest BCUT2D eigenvalue weighted by Crippen LogP contribution is -1.92. The molecule has 0 radical (unpaired) electrons. The third-order valence-electron chi connectivity index (χ3n) is 2.39. The minimum atomic E-state index is 0.890. The number of fused-ring (bicyclic) bond motifs is 1. The lowest BCUT2D eigenvalue weighted by Gasteiger charge is -2.03. The molecule has 2 aromatic rings. The molecule has 0 N–H and O–H groups in total. The summed E-state index contributed by atoms with van der Waals surface area (Å²) in [4.78, 5) is 0. The summed E-state index contributed by atoms with van der Waals surface area (Å²) >= 11 is 0. The van der Waals surface area contributed by atoms with Gasteiger partial charge in [-0.05, 0) is 41.3 Å². The Morgan fingerprint density at radius 2 is 1.73 bits per heavy atom. The monoisotopic (exact) mass is 218 g/mol.